The molecule has 0 atom stereocenters. The second kappa shape index (κ2) is 3.12. The molecule has 0 spiro atoms. The molecule has 0 saturated carbocycles. The molecule has 2 N–H and O–H groups in total. The molecule has 65 valence electrons. The Bertz CT molecular complexity index is 372. The Labute approximate surface area is 70.9 Å². The van der Waals surface area contributed by atoms with Gasteiger partial charge in [-0.15, -0.1) is 0 Å². The molecule has 1 aromatic rings. The highest BCUT2D eigenvalue weighted by Gasteiger charge is 2.10. The number of aromatic hydroxyl groups is 1. The standard InChI is InChI=1S/C7H8NO3S/c1-8-12(10,11)7-4-2-3-6(9)5-7/h2-3,5,8-9H,1H3. The monoisotopic (exact) mass is 186 g/mol. The SMILES string of the molecule is CNS(=O)(=O)c1[c]ccc(O)c1. The lowest BCUT2D eigenvalue weighted by Crippen LogP contribution is -2.18. The summed E-state index contributed by atoms with van der Waals surface area (Å²) in [7, 11) is -2.19. The molecule has 0 aliphatic rings. The maximum atomic E-state index is 11.1. The minimum Gasteiger partial charge on any atom is -0.508 e. The first-order valence-corrected chi connectivity index (χ1v) is 4.69. The van der Waals surface area contributed by atoms with Gasteiger partial charge in [0.2, 0.25) is 10.0 Å². The zero-order valence-corrected chi connectivity index (χ0v) is 7.22. The molecule has 0 bridgehead atoms. The molecule has 1 radical (unpaired) electrons. The first-order chi connectivity index (χ1) is 5.56. The van der Waals surface area contributed by atoms with Crippen LogP contribution in [-0.4, -0.2) is 20.6 Å². The van der Waals surface area contributed by atoms with Crippen LogP contribution < -0.4 is 4.72 Å². The summed E-state index contributed by atoms with van der Waals surface area (Å²) in [4.78, 5) is -0.0648. The Hall–Kier alpha value is -1.07. The number of phenolic OH excluding ortho intramolecular Hbond substituents is 1. The van der Waals surface area contributed by atoms with E-state index in [-0.39, 0.29) is 10.6 Å². The summed E-state index contributed by atoms with van der Waals surface area (Å²) in [5, 5.41) is 8.96. The average Bonchev–Trinajstić information content (AvgIpc) is 2.05. The van der Waals surface area contributed by atoms with Gasteiger partial charge in [-0.2, -0.15) is 0 Å². The average molecular weight is 186 g/mol. The Balaban J connectivity index is 3.21. The smallest absolute Gasteiger partial charge is 0.241 e. The molecule has 0 saturated heterocycles. The maximum Gasteiger partial charge on any atom is 0.241 e. The molecule has 1 rings (SSSR count). The van der Waals surface area contributed by atoms with Crippen molar-refractivity contribution in [3.63, 3.8) is 0 Å². The van der Waals surface area contributed by atoms with E-state index in [1.54, 1.807) is 0 Å². The topological polar surface area (TPSA) is 66.4 Å². The van der Waals surface area contributed by atoms with Gasteiger partial charge in [0.25, 0.3) is 0 Å². The van der Waals surface area contributed by atoms with Gasteiger partial charge < -0.3 is 5.11 Å². The van der Waals surface area contributed by atoms with Crippen LogP contribution in [0.5, 0.6) is 5.75 Å². The van der Waals surface area contributed by atoms with Gasteiger partial charge in [-0.3, -0.25) is 0 Å². The zero-order valence-electron chi connectivity index (χ0n) is 6.40. The van der Waals surface area contributed by atoms with Gasteiger partial charge in [-0.1, -0.05) is 0 Å². The Morgan fingerprint density at radius 2 is 2.25 bits per heavy atom. The quantitative estimate of drug-likeness (QED) is 0.688. The molecule has 0 aliphatic carbocycles. The molecule has 5 heteroatoms. The number of benzene rings is 1. The van der Waals surface area contributed by atoms with Gasteiger partial charge in [0, 0.05) is 12.1 Å². The van der Waals surface area contributed by atoms with Crippen LogP contribution >= 0.6 is 0 Å². The Morgan fingerprint density at radius 3 is 2.75 bits per heavy atom. The van der Waals surface area contributed by atoms with Crippen molar-refractivity contribution >= 4 is 10.0 Å². The lowest BCUT2D eigenvalue weighted by Gasteiger charge is -2.00. The molecule has 0 unspecified atom stereocenters. The summed E-state index contributed by atoms with van der Waals surface area (Å²) >= 11 is 0. The molecular formula is C7H8NO3S. The van der Waals surface area contributed by atoms with E-state index in [0.29, 0.717) is 0 Å². The van der Waals surface area contributed by atoms with Gasteiger partial charge in [0.05, 0.1) is 4.90 Å². The van der Waals surface area contributed by atoms with Crippen molar-refractivity contribution in [1.82, 2.24) is 4.72 Å². The number of rotatable bonds is 2. The van der Waals surface area contributed by atoms with Crippen molar-refractivity contribution < 1.29 is 13.5 Å². The van der Waals surface area contributed by atoms with Crippen molar-refractivity contribution in [2.45, 2.75) is 4.90 Å². The van der Waals surface area contributed by atoms with Crippen LogP contribution in [-0.2, 0) is 10.0 Å². The fourth-order valence-electron chi connectivity index (χ4n) is 0.698. The van der Waals surface area contributed by atoms with Crippen molar-refractivity contribution in [1.29, 1.82) is 0 Å². The third-order valence-corrected chi connectivity index (χ3v) is 2.67. The van der Waals surface area contributed by atoms with Crippen molar-refractivity contribution in [3.8, 4) is 5.75 Å². The number of sulfonamides is 1. The second-order valence-corrected chi connectivity index (χ2v) is 3.97. The Kier molecular flexibility index (Phi) is 2.35. The predicted molar refractivity (Wildman–Crippen MR) is 43.2 cm³/mol. The van der Waals surface area contributed by atoms with Gasteiger partial charge in [-0.05, 0) is 19.2 Å². The molecule has 12 heavy (non-hydrogen) atoms. The molecule has 1 aromatic carbocycles. The van der Waals surface area contributed by atoms with Gasteiger partial charge in [0.1, 0.15) is 5.75 Å². The van der Waals surface area contributed by atoms with Crippen LogP contribution in [0.2, 0.25) is 0 Å². The number of nitrogens with one attached hydrogen (secondary N) is 1. The van der Waals surface area contributed by atoms with E-state index in [1.165, 1.54) is 19.2 Å². The van der Waals surface area contributed by atoms with E-state index in [1.807, 2.05) is 0 Å². The van der Waals surface area contributed by atoms with Crippen LogP contribution in [0.1, 0.15) is 0 Å². The fraction of sp³-hybridized carbons (Fsp3) is 0.143. The zero-order chi connectivity index (χ0) is 9.19. The van der Waals surface area contributed by atoms with Crippen molar-refractivity contribution in [3.05, 3.63) is 24.3 Å². The fourth-order valence-corrected chi connectivity index (χ4v) is 1.42. The summed E-state index contributed by atoms with van der Waals surface area (Å²) in [6.45, 7) is 0. The highest BCUT2D eigenvalue weighted by atomic mass is 32.2. The third kappa shape index (κ3) is 1.75. The summed E-state index contributed by atoms with van der Waals surface area (Å²) in [5.74, 6) is -0.0948. The lowest BCUT2D eigenvalue weighted by atomic mass is 10.3. The lowest BCUT2D eigenvalue weighted by molar-refractivity contribution is 0.473. The minimum absolute atomic E-state index is 0.0648. The van der Waals surface area contributed by atoms with Crippen molar-refractivity contribution in [2.75, 3.05) is 7.05 Å². The Morgan fingerprint density at radius 1 is 1.58 bits per heavy atom. The van der Waals surface area contributed by atoms with E-state index in [0.717, 1.165) is 6.07 Å². The minimum atomic E-state index is -3.49. The number of hydrogen-bond donors (Lipinski definition) is 2. The van der Waals surface area contributed by atoms with Crippen molar-refractivity contribution in [2.24, 2.45) is 0 Å². The van der Waals surface area contributed by atoms with Gasteiger partial charge in [-0.25, -0.2) is 13.1 Å². The van der Waals surface area contributed by atoms with Crippen LogP contribution in [0.15, 0.2) is 23.1 Å². The van der Waals surface area contributed by atoms with Crippen LogP contribution in [0.3, 0.4) is 0 Å². The highest BCUT2D eigenvalue weighted by molar-refractivity contribution is 7.89. The van der Waals surface area contributed by atoms with Crippen LogP contribution in [0, 0.1) is 6.07 Å². The van der Waals surface area contributed by atoms with E-state index >= 15 is 0 Å². The summed E-state index contributed by atoms with van der Waals surface area (Å²) < 4.78 is 24.3. The van der Waals surface area contributed by atoms with Crippen LogP contribution in [0.25, 0.3) is 0 Å². The number of phenols is 1. The summed E-state index contributed by atoms with van der Waals surface area (Å²) in [6, 6.07) is 6.32. The second-order valence-electron chi connectivity index (χ2n) is 2.12. The highest BCUT2D eigenvalue weighted by Crippen LogP contribution is 2.14. The van der Waals surface area contributed by atoms with E-state index < -0.39 is 10.0 Å². The van der Waals surface area contributed by atoms with E-state index in [2.05, 4.69) is 10.8 Å². The first-order valence-electron chi connectivity index (χ1n) is 3.20. The molecule has 0 heterocycles. The largest absolute Gasteiger partial charge is 0.508 e. The molecule has 0 aromatic heterocycles. The molecule has 4 nitrogen and oxygen atoms in total. The maximum absolute atomic E-state index is 11.1. The summed E-state index contributed by atoms with van der Waals surface area (Å²) in [6.07, 6.45) is 0. The molecule has 0 aliphatic heterocycles. The molecular weight excluding hydrogens is 178 g/mol. The normalized spacial score (nSPS) is 11.4. The van der Waals surface area contributed by atoms with E-state index in [4.69, 9.17) is 5.11 Å². The predicted octanol–water partition coefficient (Wildman–Crippen LogP) is 0.100. The molecule has 0 amide bonds. The molecule has 0 fully saturated rings. The van der Waals surface area contributed by atoms with E-state index in [9.17, 15) is 8.42 Å². The van der Waals surface area contributed by atoms with Gasteiger partial charge in [0.15, 0.2) is 0 Å². The third-order valence-electron chi connectivity index (χ3n) is 1.32. The first kappa shape index (κ1) is 9.02. The van der Waals surface area contributed by atoms with Gasteiger partial charge >= 0.3 is 0 Å². The summed E-state index contributed by atoms with van der Waals surface area (Å²) in [5.41, 5.74) is 0. The number of hydrogen-bond acceptors (Lipinski definition) is 3. The van der Waals surface area contributed by atoms with Crippen LogP contribution in [0.4, 0.5) is 0 Å².